The molecule has 94 valence electrons. The van der Waals surface area contributed by atoms with Gasteiger partial charge in [0.25, 0.3) is 0 Å². The second-order valence-corrected chi connectivity index (χ2v) is 7.12. The van der Waals surface area contributed by atoms with Crippen molar-refractivity contribution in [1.29, 1.82) is 5.26 Å². The van der Waals surface area contributed by atoms with E-state index in [4.69, 9.17) is 5.26 Å². The fourth-order valence-corrected chi connectivity index (χ4v) is 5.21. The fraction of sp³-hybridized carbons (Fsp3) is 0.538. The fourth-order valence-electron chi connectivity index (χ4n) is 3.05. The number of hydrogen-bond donors (Lipinski definition) is 1. The van der Waals surface area contributed by atoms with Gasteiger partial charge in [-0.25, -0.2) is 4.98 Å². The third kappa shape index (κ3) is 1.76. The molecule has 18 heavy (non-hydrogen) atoms. The van der Waals surface area contributed by atoms with Crippen molar-refractivity contribution in [3.05, 3.63) is 29.6 Å². The van der Waals surface area contributed by atoms with Crippen LogP contribution in [0, 0.1) is 11.3 Å². The molecule has 0 amide bonds. The Morgan fingerprint density at radius 3 is 2.56 bits per heavy atom. The van der Waals surface area contributed by atoms with Crippen molar-refractivity contribution in [2.24, 2.45) is 0 Å². The predicted octanol–water partition coefficient (Wildman–Crippen LogP) is 1.21. The zero-order valence-corrected chi connectivity index (χ0v) is 10.7. The normalized spacial score (nSPS) is 38.3. The first kappa shape index (κ1) is 11.8. The van der Waals surface area contributed by atoms with Gasteiger partial charge in [-0.15, -0.1) is 0 Å². The number of hydrogen-bond acceptors (Lipinski definition) is 4. The monoisotopic (exact) mass is 262 g/mol. The van der Waals surface area contributed by atoms with Crippen LogP contribution in [0.4, 0.5) is 0 Å². The van der Waals surface area contributed by atoms with Gasteiger partial charge in [-0.3, -0.25) is 4.21 Å². The van der Waals surface area contributed by atoms with Gasteiger partial charge in [0.1, 0.15) is 11.8 Å². The largest absolute Gasteiger partial charge is 0.385 e. The molecule has 2 fully saturated rings. The van der Waals surface area contributed by atoms with Gasteiger partial charge in [-0.05, 0) is 31.7 Å². The summed E-state index contributed by atoms with van der Waals surface area (Å²) in [7, 11) is -0.778. The Balaban J connectivity index is 1.91. The number of nitriles is 1. The molecular weight excluding hydrogens is 248 g/mol. The summed E-state index contributed by atoms with van der Waals surface area (Å²) in [4.78, 5) is 4.01. The van der Waals surface area contributed by atoms with Gasteiger partial charge in [-0.2, -0.15) is 5.26 Å². The van der Waals surface area contributed by atoms with Crippen molar-refractivity contribution in [1.82, 2.24) is 4.98 Å². The zero-order chi connectivity index (χ0) is 12.8. The molecular formula is C13H14N2O2S. The predicted molar refractivity (Wildman–Crippen MR) is 67.0 cm³/mol. The lowest BCUT2D eigenvalue weighted by atomic mass is 9.87. The summed E-state index contributed by atoms with van der Waals surface area (Å²) in [5, 5.41) is 19.7. The number of rotatable bonds is 1. The van der Waals surface area contributed by atoms with Gasteiger partial charge >= 0.3 is 0 Å². The first-order valence-electron chi connectivity index (χ1n) is 6.11. The van der Waals surface area contributed by atoms with Crippen molar-refractivity contribution < 1.29 is 9.32 Å². The van der Waals surface area contributed by atoms with Gasteiger partial charge < -0.3 is 5.11 Å². The molecule has 1 aromatic rings. The average molecular weight is 262 g/mol. The summed E-state index contributed by atoms with van der Waals surface area (Å²) in [5.74, 6) is 0. The van der Waals surface area contributed by atoms with Gasteiger partial charge in [0, 0.05) is 33.1 Å². The Hall–Kier alpha value is -1.25. The van der Waals surface area contributed by atoms with Crippen LogP contribution >= 0.6 is 0 Å². The maximum absolute atomic E-state index is 11.9. The number of nitrogens with zero attached hydrogens (tertiary/aromatic N) is 2. The highest BCUT2D eigenvalue weighted by atomic mass is 32.2. The van der Waals surface area contributed by atoms with Crippen LogP contribution in [0.25, 0.3) is 0 Å². The van der Waals surface area contributed by atoms with E-state index in [1.54, 1.807) is 18.3 Å². The standard InChI is InChI=1S/C13H14N2O2S/c14-7-10-2-1-9(8-15-10)13(16)5-11-3-4-12(6-13)18(11)17/h1-2,8,11-12,16H,3-6H2. The molecule has 2 saturated heterocycles. The smallest absolute Gasteiger partial charge is 0.140 e. The minimum atomic E-state index is -0.916. The highest BCUT2D eigenvalue weighted by Gasteiger charge is 2.48. The van der Waals surface area contributed by atoms with Crippen molar-refractivity contribution in [3.63, 3.8) is 0 Å². The average Bonchev–Trinajstić information content (AvgIpc) is 2.63. The van der Waals surface area contributed by atoms with E-state index < -0.39 is 16.4 Å². The van der Waals surface area contributed by atoms with Crippen LogP contribution in [0.5, 0.6) is 0 Å². The number of fused-ring (bicyclic) bond motifs is 2. The summed E-state index contributed by atoms with van der Waals surface area (Å²) in [5.41, 5.74) is 0.181. The molecule has 2 unspecified atom stereocenters. The van der Waals surface area contributed by atoms with Crippen molar-refractivity contribution in [2.45, 2.75) is 41.8 Å². The molecule has 0 aromatic carbocycles. The molecule has 5 heteroatoms. The van der Waals surface area contributed by atoms with Crippen LogP contribution in [0.15, 0.2) is 18.3 Å². The van der Waals surface area contributed by atoms with Crippen LogP contribution in [-0.2, 0) is 16.4 Å². The van der Waals surface area contributed by atoms with E-state index in [0.29, 0.717) is 18.5 Å². The lowest BCUT2D eigenvalue weighted by Crippen LogP contribution is -2.40. The topological polar surface area (TPSA) is 74.0 Å². The highest BCUT2D eigenvalue weighted by Crippen LogP contribution is 2.45. The minimum absolute atomic E-state index is 0.115. The van der Waals surface area contributed by atoms with Crippen molar-refractivity contribution in [3.8, 4) is 6.07 Å². The van der Waals surface area contributed by atoms with E-state index in [1.165, 1.54) is 0 Å². The number of pyridine rings is 1. The molecule has 3 heterocycles. The van der Waals surface area contributed by atoms with E-state index in [1.807, 2.05) is 6.07 Å². The Labute approximate surface area is 108 Å². The lowest BCUT2D eigenvalue weighted by Gasteiger charge is -2.35. The summed E-state index contributed by atoms with van der Waals surface area (Å²) in [6.45, 7) is 0. The summed E-state index contributed by atoms with van der Waals surface area (Å²) in [6, 6.07) is 5.35. The molecule has 0 saturated carbocycles. The second-order valence-electron chi connectivity index (χ2n) is 5.13. The molecule has 1 aromatic heterocycles. The Morgan fingerprint density at radius 1 is 1.39 bits per heavy atom. The number of aromatic nitrogens is 1. The SMILES string of the molecule is N#Cc1ccc(C2(O)CC3CCC(C2)S3=O)cn1. The third-order valence-electron chi connectivity index (χ3n) is 4.01. The molecule has 2 bridgehead atoms. The molecule has 0 aliphatic carbocycles. The van der Waals surface area contributed by atoms with Crippen LogP contribution in [0.1, 0.15) is 36.9 Å². The van der Waals surface area contributed by atoms with E-state index in [-0.39, 0.29) is 10.5 Å². The molecule has 3 rings (SSSR count). The maximum Gasteiger partial charge on any atom is 0.140 e. The zero-order valence-electron chi connectivity index (χ0n) is 9.87. The van der Waals surface area contributed by atoms with Gasteiger partial charge in [0.2, 0.25) is 0 Å². The minimum Gasteiger partial charge on any atom is -0.385 e. The van der Waals surface area contributed by atoms with E-state index in [0.717, 1.165) is 18.4 Å². The summed E-state index contributed by atoms with van der Waals surface area (Å²) in [6.07, 6.45) is 4.56. The number of aliphatic hydroxyl groups is 1. The highest BCUT2D eigenvalue weighted by molar-refractivity contribution is 7.86. The molecule has 2 aliphatic heterocycles. The summed E-state index contributed by atoms with van der Waals surface area (Å²) < 4.78 is 11.9. The Bertz CT molecular complexity index is 519. The Morgan fingerprint density at radius 2 is 2.06 bits per heavy atom. The van der Waals surface area contributed by atoms with Crippen LogP contribution in [0.2, 0.25) is 0 Å². The molecule has 0 radical (unpaired) electrons. The van der Waals surface area contributed by atoms with E-state index >= 15 is 0 Å². The second kappa shape index (κ2) is 4.15. The molecule has 2 aliphatic rings. The van der Waals surface area contributed by atoms with Gasteiger partial charge in [-0.1, -0.05) is 6.07 Å². The summed E-state index contributed by atoms with van der Waals surface area (Å²) >= 11 is 0. The van der Waals surface area contributed by atoms with E-state index in [2.05, 4.69) is 4.98 Å². The molecule has 1 N–H and O–H groups in total. The quantitative estimate of drug-likeness (QED) is 0.825. The van der Waals surface area contributed by atoms with Crippen molar-refractivity contribution >= 4 is 10.8 Å². The Kier molecular flexibility index (Phi) is 2.72. The van der Waals surface area contributed by atoms with Crippen LogP contribution < -0.4 is 0 Å². The van der Waals surface area contributed by atoms with Crippen LogP contribution in [-0.4, -0.2) is 24.8 Å². The van der Waals surface area contributed by atoms with Gasteiger partial charge in [0.15, 0.2) is 0 Å². The molecule has 0 spiro atoms. The molecule has 4 nitrogen and oxygen atoms in total. The lowest BCUT2D eigenvalue weighted by molar-refractivity contribution is 0.0181. The maximum atomic E-state index is 11.9. The van der Waals surface area contributed by atoms with Gasteiger partial charge in [0.05, 0.1) is 5.60 Å². The van der Waals surface area contributed by atoms with Crippen molar-refractivity contribution in [2.75, 3.05) is 0 Å². The molecule has 2 atom stereocenters. The van der Waals surface area contributed by atoms with E-state index in [9.17, 15) is 9.32 Å². The first-order valence-corrected chi connectivity index (χ1v) is 7.38. The first-order chi connectivity index (χ1) is 8.62. The third-order valence-corrected chi connectivity index (χ3v) is 6.13. The van der Waals surface area contributed by atoms with Crippen LogP contribution in [0.3, 0.4) is 0 Å².